The molecule has 0 aromatic heterocycles. The van der Waals surface area contributed by atoms with E-state index in [1.54, 1.807) is 26.2 Å². The number of carbonyl (C=O) groups is 1. The summed E-state index contributed by atoms with van der Waals surface area (Å²) in [6.45, 7) is 2.84. The fourth-order valence-electron chi connectivity index (χ4n) is 3.46. The van der Waals surface area contributed by atoms with Gasteiger partial charge < -0.3 is 29.4 Å². The minimum absolute atomic E-state index is 0.231. The number of anilines is 1. The Labute approximate surface area is 194 Å². The lowest BCUT2D eigenvalue weighted by atomic mass is 10.1. The molecule has 0 atom stereocenters. The van der Waals surface area contributed by atoms with Crippen LogP contribution in [0.4, 0.5) is 5.69 Å². The fourth-order valence-corrected chi connectivity index (χ4v) is 4.06. The van der Waals surface area contributed by atoms with Gasteiger partial charge in [0.05, 0.1) is 17.1 Å². The van der Waals surface area contributed by atoms with Gasteiger partial charge in [0.15, 0.2) is 23.0 Å². The van der Waals surface area contributed by atoms with Crippen LogP contribution in [0.5, 0.6) is 23.0 Å². The quantitative estimate of drug-likeness (QED) is 0.429. The van der Waals surface area contributed by atoms with Crippen molar-refractivity contribution in [3.8, 4) is 23.0 Å². The zero-order valence-corrected chi connectivity index (χ0v) is 19.2. The molecular formula is C24H22BrNO6. The molecule has 1 aliphatic heterocycles. The monoisotopic (exact) mass is 499 g/mol. The molecule has 32 heavy (non-hydrogen) atoms. The number of rotatable bonds is 8. The molecule has 3 aromatic rings. The van der Waals surface area contributed by atoms with Crippen molar-refractivity contribution in [3.05, 3.63) is 75.3 Å². The Balaban J connectivity index is 1.47. The highest BCUT2D eigenvalue weighted by Crippen LogP contribution is 2.38. The van der Waals surface area contributed by atoms with Crippen molar-refractivity contribution in [2.24, 2.45) is 0 Å². The summed E-state index contributed by atoms with van der Waals surface area (Å²) >= 11 is 3.58. The van der Waals surface area contributed by atoms with Crippen LogP contribution >= 0.6 is 15.9 Å². The summed E-state index contributed by atoms with van der Waals surface area (Å²) in [6.07, 6.45) is 0. The Hall–Kier alpha value is -3.39. The van der Waals surface area contributed by atoms with Gasteiger partial charge in [-0.15, -0.1) is 0 Å². The fraction of sp³-hybridized carbons (Fsp3) is 0.208. The van der Waals surface area contributed by atoms with E-state index in [2.05, 4.69) is 21.2 Å². The summed E-state index contributed by atoms with van der Waals surface area (Å²) in [6, 6.07) is 14.7. The molecule has 0 bridgehead atoms. The third-order valence-electron chi connectivity index (χ3n) is 5.16. The Morgan fingerprint density at radius 1 is 1.12 bits per heavy atom. The standard InChI is InChI=1S/C24H22BrNO6/c1-14-17(24(27)28)4-3-5-19(14)26-11-16-8-18(25)23(22(10-16)29-2)30-12-15-6-7-20-21(9-15)32-13-31-20/h3-10,26H,11-13H2,1-2H3,(H,27,28). The van der Waals surface area contributed by atoms with E-state index < -0.39 is 5.97 Å². The molecule has 0 unspecified atom stereocenters. The van der Waals surface area contributed by atoms with E-state index >= 15 is 0 Å². The molecule has 0 fully saturated rings. The zero-order valence-electron chi connectivity index (χ0n) is 17.6. The van der Waals surface area contributed by atoms with Crippen LogP contribution in [-0.4, -0.2) is 25.0 Å². The Kier molecular flexibility index (Phi) is 6.41. The predicted molar refractivity (Wildman–Crippen MR) is 123 cm³/mol. The number of halogens is 1. The molecule has 1 aliphatic rings. The van der Waals surface area contributed by atoms with Gasteiger partial charge in [-0.2, -0.15) is 0 Å². The Morgan fingerprint density at radius 3 is 2.72 bits per heavy atom. The van der Waals surface area contributed by atoms with E-state index in [0.29, 0.717) is 36.0 Å². The van der Waals surface area contributed by atoms with Gasteiger partial charge in [-0.05, 0) is 75.9 Å². The van der Waals surface area contributed by atoms with E-state index in [0.717, 1.165) is 27.0 Å². The Bertz CT molecular complexity index is 1160. The first-order valence-corrected chi connectivity index (χ1v) is 10.7. The number of carboxylic acid groups (broad SMARTS) is 1. The van der Waals surface area contributed by atoms with Gasteiger partial charge in [-0.3, -0.25) is 0 Å². The van der Waals surface area contributed by atoms with Crippen molar-refractivity contribution < 1.29 is 28.8 Å². The molecule has 0 spiro atoms. The summed E-state index contributed by atoms with van der Waals surface area (Å²) in [7, 11) is 1.59. The number of ether oxygens (including phenoxy) is 4. The molecule has 4 rings (SSSR count). The molecule has 0 aliphatic carbocycles. The average molecular weight is 500 g/mol. The van der Waals surface area contributed by atoms with Gasteiger partial charge in [-0.25, -0.2) is 4.79 Å². The normalized spacial score (nSPS) is 11.8. The van der Waals surface area contributed by atoms with E-state index in [9.17, 15) is 9.90 Å². The van der Waals surface area contributed by atoms with Crippen molar-refractivity contribution in [3.63, 3.8) is 0 Å². The van der Waals surface area contributed by atoms with Crippen molar-refractivity contribution in [2.75, 3.05) is 19.2 Å². The number of benzene rings is 3. The molecule has 0 saturated heterocycles. The third-order valence-corrected chi connectivity index (χ3v) is 5.75. The van der Waals surface area contributed by atoms with E-state index in [1.807, 2.05) is 36.4 Å². The molecule has 0 saturated carbocycles. The lowest BCUT2D eigenvalue weighted by Crippen LogP contribution is -2.06. The molecule has 0 amide bonds. The van der Waals surface area contributed by atoms with E-state index in [1.165, 1.54) is 0 Å². The smallest absolute Gasteiger partial charge is 0.336 e. The number of hydrogen-bond donors (Lipinski definition) is 2. The maximum Gasteiger partial charge on any atom is 0.336 e. The van der Waals surface area contributed by atoms with Crippen LogP contribution in [0.25, 0.3) is 0 Å². The number of aromatic carboxylic acids is 1. The first-order valence-electron chi connectivity index (χ1n) is 9.90. The van der Waals surface area contributed by atoms with Crippen LogP contribution in [0, 0.1) is 6.92 Å². The van der Waals surface area contributed by atoms with Crippen molar-refractivity contribution in [1.82, 2.24) is 0 Å². The highest BCUT2D eigenvalue weighted by molar-refractivity contribution is 9.10. The number of methoxy groups -OCH3 is 1. The lowest BCUT2D eigenvalue weighted by Gasteiger charge is -2.16. The number of carboxylic acids is 1. The minimum atomic E-state index is -0.945. The van der Waals surface area contributed by atoms with Gasteiger partial charge in [0, 0.05) is 12.2 Å². The zero-order chi connectivity index (χ0) is 22.7. The van der Waals surface area contributed by atoms with Crippen LogP contribution in [0.2, 0.25) is 0 Å². The predicted octanol–water partition coefficient (Wildman–Crippen LogP) is 5.38. The topological polar surface area (TPSA) is 86.3 Å². The van der Waals surface area contributed by atoms with Gasteiger partial charge in [0.25, 0.3) is 0 Å². The SMILES string of the molecule is COc1cc(CNc2cccc(C(=O)O)c2C)cc(Br)c1OCc1ccc2c(c1)OCO2. The second-order valence-electron chi connectivity index (χ2n) is 7.22. The Morgan fingerprint density at radius 2 is 1.94 bits per heavy atom. The highest BCUT2D eigenvalue weighted by atomic mass is 79.9. The molecule has 3 aromatic carbocycles. The van der Waals surface area contributed by atoms with E-state index in [-0.39, 0.29) is 12.4 Å². The summed E-state index contributed by atoms with van der Waals surface area (Å²) in [5.74, 6) is 1.68. The first-order chi connectivity index (χ1) is 15.5. The third kappa shape index (κ3) is 4.60. The van der Waals surface area contributed by atoms with Gasteiger partial charge in [-0.1, -0.05) is 12.1 Å². The largest absolute Gasteiger partial charge is 0.493 e. The maximum absolute atomic E-state index is 11.4. The van der Waals surface area contributed by atoms with Crippen LogP contribution in [0.3, 0.4) is 0 Å². The van der Waals surface area contributed by atoms with Crippen molar-refractivity contribution in [1.29, 1.82) is 0 Å². The van der Waals surface area contributed by atoms with Crippen LogP contribution in [0.1, 0.15) is 27.0 Å². The van der Waals surface area contributed by atoms with Crippen LogP contribution in [0.15, 0.2) is 53.0 Å². The molecule has 1 heterocycles. The second-order valence-corrected chi connectivity index (χ2v) is 8.08. The summed E-state index contributed by atoms with van der Waals surface area (Å²) in [4.78, 5) is 11.4. The first kappa shape index (κ1) is 21.8. The molecule has 0 radical (unpaired) electrons. The molecule has 2 N–H and O–H groups in total. The average Bonchev–Trinajstić information content (AvgIpc) is 3.25. The molecule has 166 valence electrons. The van der Waals surface area contributed by atoms with E-state index in [4.69, 9.17) is 18.9 Å². The van der Waals surface area contributed by atoms with Gasteiger partial charge in [0.2, 0.25) is 6.79 Å². The lowest BCUT2D eigenvalue weighted by molar-refractivity contribution is 0.0696. The van der Waals surface area contributed by atoms with Crippen LogP contribution < -0.4 is 24.3 Å². The summed E-state index contributed by atoms with van der Waals surface area (Å²) in [5, 5.41) is 12.6. The summed E-state index contributed by atoms with van der Waals surface area (Å²) < 4.78 is 23.1. The van der Waals surface area contributed by atoms with Gasteiger partial charge in [0.1, 0.15) is 6.61 Å². The highest BCUT2D eigenvalue weighted by Gasteiger charge is 2.16. The van der Waals surface area contributed by atoms with Crippen LogP contribution in [-0.2, 0) is 13.2 Å². The molecule has 7 nitrogen and oxygen atoms in total. The number of nitrogens with one attached hydrogen (secondary N) is 1. The van der Waals surface area contributed by atoms with Crippen molar-refractivity contribution in [2.45, 2.75) is 20.1 Å². The number of hydrogen-bond acceptors (Lipinski definition) is 6. The maximum atomic E-state index is 11.4. The number of fused-ring (bicyclic) bond motifs is 1. The van der Waals surface area contributed by atoms with Crippen molar-refractivity contribution >= 4 is 27.6 Å². The molecular weight excluding hydrogens is 478 g/mol. The second kappa shape index (κ2) is 9.40. The molecule has 8 heteroatoms. The van der Waals surface area contributed by atoms with Gasteiger partial charge >= 0.3 is 5.97 Å². The minimum Gasteiger partial charge on any atom is -0.493 e. The summed E-state index contributed by atoms with van der Waals surface area (Å²) in [5.41, 5.74) is 3.63.